The highest BCUT2D eigenvalue weighted by atomic mass is 16.3. The van der Waals surface area contributed by atoms with Crippen LogP contribution in [0.1, 0.15) is 11.3 Å². The van der Waals surface area contributed by atoms with Gasteiger partial charge in [-0.1, -0.05) is 0 Å². The molecule has 0 spiro atoms. The third kappa shape index (κ3) is 2.24. The molecule has 2 rings (SSSR count). The standard InChI is InChI=1S/C10H14N4O/c1-13-10(2-4-11-13)3-5-14-7-9(8-15)6-12-14/h2,4,6-7,15H,3,5,8H2,1H3. The number of rotatable bonds is 4. The Morgan fingerprint density at radius 1 is 1.40 bits per heavy atom. The number of hydrogen-bond donors (Lipinski definition) is 1. The molecule has 2 heterocycles. The largest absolute Gasteiger partial charge is 0.392 e. The van der Waals surface area contributed by atoms with E-state index in [1.165, 1.54) is 5.69 Å². The van der Waals surface area contributed by atoms with E-state index in [0.717, 1.165) is 18.5 Å². The molecule has 0 atom stereocenters. The molecular formula is C10H14N4O. The summed E-state index contributed by atoms with van der Waals surface area (Å²) in [7, 11) is 1.93. The smallest absolute Gasteiger partial charge is 0.0712 e. The maximum atomic E-state index is 8.88. The number of aromatic nitrogens is 4. The van der Waals surface area contributed by atoms with Gasteiger partial charge in [0.2, 0.25) is 0 Å². The van der Waals surface area contributed by atoms with Crippen molar-refractivity contribution in [3.8, 4) is 0 Å². The minimum absolute atomic E-state index is 0.0473. The van der Waals surface area contributed by atoms with E-state index in [4.69, 9.17) is 5.11 Å². The summed E-state index contributed by atoms with van der Waals surface area (Å²) in [6, 6.07) is 2.00. The summed E-state index contributed by atoms with van der Waals surface area (Å²) < 4.78 is 3.69. The molecule has 0 saturated heterocycles. The molecule has 5 heteroatoms. The van der Waals surface area contributed by atoms with Crippen molar-refractivity contribution >= 4 is 0 Å². The van der Waals surface area contributed by atoms with Crippen molar-refractivity contribution in [3.05, 3.63) is 35.9 Å². The summed E-state index contributed by atoms with van der Waals surface area (Å²) in [6.45, 7) is 0.852. The van der Waals surface area contributed by atoms with Gasteiger partial charge in [-0.3, -0.25) is 9.36 Å². The number of hydrogen-bond acceptors (Lipinski definition) is 3. The molecule has 15 heavy (non-hydrogen) atoms. The van der Waals surface area contributed by atoms with Gasteiger partial charge in [0.25, 0.3) is 0 Å². The second-order valence-electron chi connectivity index (χ2n) is 3.47. The van der Waals surface area contributed by atoms with Gasteiger partial charge < -0.3 is 5.11 Å². The SMILES string of the molecule is Cn1nccc1CCn1cc(CO)cn1. The summed E-state index contributed by atoms with van der Waals surface area (Å²) >= 11 is 0. The number of aliphatic hydroxyl groups excluding tert-OH is 1. The highest BCUT2D eigenvalue weighted by molar-refractivity contribution is 5.03. The fourth-order valence-corrected chi connectivity index (χ4v) is 1.49. The molecule has 0 aliphatic carbocycles. The number of nitrogens with zero attached hydrogens (tertiary/aromatic N) is 4. The Morgan fingerprint density at radius 2 is 2.27 bits per heavy atom. The van der Waals surface area contributed by atoms with E-state index in [2.05, 4.69) is 10.2 Å². The lowest BCUT2D eigenvalue weighted by Gasteiger charge is -2.02. The third-order valence-corrected chi connectivity index (χ3v) is 2.39. The Balaban J connectivity index is 1.96. The molecule has 5 nitrogen and oxygen atoms in total. The molecule has 0 aromatic carbocycles. The molecule has 0 amide bonds. The van der Waals surface area contributed by atoms with Crippen LogP contribution in [-0.4, -0.2) is 24.7 Å². The van der Waals surface area contributed by atoms with E-state index in [1.54, 1.807) is 12.4 Å². The van der Waals surface area contributed by atoms with Gasteiger partial charge in [0.1, 0.15) is 0 Å². The molecule has 2 aromatic rings. The summed E-state index contributed by atoms with van der Waals surface area (Å²) in [6.07, 6.45) is 6.22. The number of aliphatic hydroxyl groups is 1. The van der Waals surface area contributed by atoms with Crippen LogP contribution in [-0.2, 0) is 26.6 Å². The van der Waals surface area contributed by atoms with Gasteiger partial charge in [-0.15, -0.1) is 0 Å². The first kappa shape index (κ1) is 9.92. The highest BCUT2D eigenvalue weighted by Gasteiger charge is 2.00. The fraction of sp³-hybridized carbons (Fsp3) is 0.400. The molecule has 0 bridgehead atoms. The van der Waals surface area contributed by atoms with Crippen LogP contribution in [0.2, 0.25) is 0 Å². The number of aryl methyl sites for hydroxylation is 3. The maximum Gasteiger partial charge on any atom is 0.0712 e. The minimum Gasteiger partial charge on any atom is -0.392 e. The van der Waals surface area contributed by atoms with E-state index in [1.807, 2.05) is 28.7 Å². The van der Waals surface area contributed by atoms with Crippen molar-refractivity contribution in [2.75, 3.05) is 0 Å². The molecule has 80 valence electrons. The summed E-state index contributed by atoms with van der Waals surface area (Å²) in [5.41, 5.74) is 2.02. The predicted molar refractivity (Wildman–Crippen MR) is 55.1 cm³/mol. The van der Waals surface area contributed by atoms with Gasteiger partial charge in [0, 0.05) is 43.7 Å². The van der Waals surface area contributed by atoms with Crippen molar-refractivity contribution < 1.29 is 5.11 Å². The molecule has 0 fully saturated rings. The summed E-state index contributed by atoms with van der Waals surface area (Å²) in [4.78, 5) is 0. The molecule has 0 unspecified atom stereocenters. The lowest BCUT2D eigenvalue weighted by atomic mass is 10.3. The van der Waals surface area contributed by atoms with E-state index in [0.29, 0.717) is 0 Å². The second-order valence-corrected chi connectivity index (χ2v) is 3.47. The van der Waals surface area contributed by atoms with Crippen LogP contribution < -0.4 is 0 Å². The monoisotopic (exact) mass is 206 g/mol. The van der Waals surface area contributed by atoms with Crippen molar-refractivity contribution in [1.82, 2.24) is 19.6 Å². The quantitative estimate of drug-likeness (QED) is 0.785. The van der Waals surface area contributed by atoms with Crippen LogP contribution in [0, 0.1) is 0 Å². The first-order valence-electron chi connectivity index (χ1n) is 4.88. The molecule has 0 aliphatic rings. The fourth-order valence-electron chi connectivity index (χ4n) is 1.49. The van der Waals surface area contributed by atoms with Gasteiger partial charge in [0.05, 0.1) is 12.8 Å². The van der Waals surface area contributed by atoms with Crippen LogP contribution in [0.15, 0.2) is 24.7 Å². The molecular weight excluding hydrogens is 192 g/mol. The zero-order chi connectivity index (χ0) is 10.7. The second kappa shape index (κ2) is 4.27. The average molecular weight is 206 g/mol. The van der Waals surface area contributed by atoms with E-state index < -0.39 is 0 Å². The predicted octanol–water partition coefficient (Wildman–Crippen LogP) is 0.352. The van der Waals surface area contributed by atoms with E-state index in [-0.39, 0.29) is 6.61 Å². The highest BCUT2D eigenvalue weighted by Crippen LogP contribution is 2.02. The molecule has 1 N–H and O–H groups in total. The van der Waals surface area contributed by atoms with Crippen LogP contribution >= 0.6 is 0 Å². The van der Waals surface area contributed by atoms with Crippen molar-refractivity contribution in [1.29, 1.82) is 0 Å². The molecule has 0 aliphatic heterocycles. The first-order valence-corrected chi connectivity index (χ1v) is 4.88. The lowest BCUT2D eigenvalue weighted by Crippen LogP contribution is -2.05. The van der Waals surface area contributed by atoms with E-state index in [9.17, 15) is 0 Å². The van der Waals surface area contributed by atoms with Gasteiger partial charge in [-0.05, 0) is 6.07 Å². The van der Waals surface area contributed by atoms with Gasteiger partial charge in [0.15, 0.2) is 0 Å². The Labute approximate surface area is 88.0 Å². The van der Waals surface area contributed by atoms with Crippen LogP contribution in [0.25, 0.3) is 0 Å². The molecule has 0 radical (unpaired) electrons. The van der Waals surface area contributed by atoms with Crippen LogP contribution in [0.4, 0.5) is 0 Å². The Bertz CT molecular complexity index is 432. The van der Waals surface area contributed by atoms with Crippen LogP contribution in [0.3, 0.4) is 0 Å². The van der Waals surface area contributed by atoms with Gasteiger partial charge in [-0.2, -0.15) is 10.2 Å². The third-order valence-electron chi connectivity index (χ3n) is 2.39. The van der Waals surface area contributed by atoms with Gasteiger partial charge >= 0.3 is 0 Å². The van der Waals surface area contributed by atoms with E-state index >= 15 is 0 Å². The van der Waals surface area contributed by atoms with Crippen molar-refractivity contribution in [3.63, 3.8) is 0 Å². The van der Waals surface area contributed by atoms with Crippen molar-refractivity contribution in [2.45, 2.75) is 19.6 Å². The average Bonchev–Trinajstić information content (AvgIpc) is 2.84. The minimum atomic E-state index is 0.0473. The topological polar surface area (TPSA) is 55.9 Å². The zero-order valence-corrected chi connectivity index (χ0v) is 8.67. The summed E-state index contributed by atoms with van der Waals surface area (Å²) in [5.74, 6) is 0. The summed E-state index contributed by atoms with van der Waals surface area (Å²) in [5, 5.41) is 17.1. The molecule has 0 saturated carbocycles. The molecule has 2 aromatic heterocycles. The first-order chi connectivity index (χ1) is 7.29. The van der Waals surface area contributed by atoms with Crippen molar-refractivity contribution in [2.24, 2.45) is 7.05 Å². The Morgan fingerprint density at radius 3 is 2.87 bits per heavy atom. The normalized spacial score (nSPS) is 10.8. The lowest BCUT2D eigenvalue weighted by molar-refractivity contribution is 0.281. The van der Waals surface area contributed by atoms with Crippen LogP contribution in [0.5, 0.6) is 0 Å². The Kier molecular flexibility index (Phi) is 2.82. The zero-order valence-electron chi connectivity index (χ0n) is 8.67. The maximum absolute atomic E-state index is 8.88. The Hall–Kier alpha value is -1.62. The van der Waals surface area contributed by atoms with Gasteiger partial charge in [-0.25, -0.2) is 0 Å².